The summed E-state index contributed by atoms with van der Waals surface area (Å²) in [5, 5.41) is 8.09. The van der Waals surface area contributed by atoms with Gasteiger partial charge >= 0.3 is 0 Å². The standard InChI is InChI=1S/C20H20N2O3/c1-14-8-9-15(2)19(12-14)24-13-16-6-4-5-7-17(16)20(22-23-3)18-10-11-25-21-18/h4-12H,13H2,1-3H3/b22-20-. The molecule has 5 nitrogen and oxygen atoms in total. The highest BCUT2D eigenvalue weighted by atomic mass is 16.6. The van der Waals surface area contributed by atoms with Crippen LogP contribution in [0.4, 0.5) is 0 Å². The van der Waals surface area contributed by atoms with E-state index >= 15 is 0 Å². The van der Waals surface area contributed by atoms with Gasteiger partial charge in [0.2, 0.25) is 0 Å². The number of nitrogens with zero attached hydrogens (tertiary/aromatic N) is 2. The van der Waals surface area contributed by atoms with Gasteiger partial charge in [-0.2, -0.15) is 0 Å². The Morgan fingerprint density at radius 2 is 1.96 bits per heavy atom. The van der Waals surface area contributed by atoms with Crippen LogP contribution in [0.15, 0.2) is 64.5 Å². The lowest BCUT2D eigenvalue weighted by molar-refractivity contribution is 0.213. The maximum Gasteiger partial charge on any atom is 0.139 e. The van der Waals surface area contributed by atoms with Gasteiger partial charge in [0.05, 0.1) is 0 Å². The summed E-state index contributed by atoms with van der Waals surface area (Å²) in [6.07, 6.45) is 1.51. The minimum atomic E-state index is 0.418. The number of ether oxygens (including phenoxy) is 1. The van der Waals surface area contributed by atoms with Gasteiger partial charge in [-0.3, -0.25) is 0 Å². The van der Waals surface area contributed by atoms with Gasteiger partial charge in [0.1, 0.15) is 37.1 Å². The fraction of sp³-hybridized carbons (Fsp3) is 0.200. The first kappa shape index (κ1) is 16.8. The summed E-state index contributed by atoms with van der Waals surface area (Å²) >= 11 is 0. The van der Waals surface area contributed by atoms with Gasteiger partial charge in [-0.1, -0.05) is 46.7 Å². The first-order chi connectivity index (χ1) is 12.2. The van der Waals surface area contributed by atoms with E-state index in [4.69, 9.17) is 14.1 Å². The highest BCUT2D eigenvalue weighted by molar-refractivity contribution is 6.12. The zero-order chi connectivity index (χ0) is 17.6. The molecule has 128 valence electrons. The molecular formula is C20H20N2O3. The number of hydrogen-bond acceptors (Lipinski definition) is 5. The van der Waals surface area contributed by atoms with Crippen LogP contribution < -0.4 is 4.74 Å². The highest BCUT2D eigenvalue weighted by Crippen LogP contribution is 2.22. The molecule has 3 rings (SSSR count). The molecule has 0 saturated carbocycles. The molecule has 2 aromatic carbocycles. The second-order valence-electron chi connectivity index (χ2n) is 5.72. The lowest BCUT2D eigenvalue weighted by atomic mass is 10.0. The number of oxime groups is 1. The van der Waals surface area contributed by atoms with Crippen LogP contribution in [0, 0.1) is 13.8 Å². The Morgan fingerprint density at radius 1 is 1.12 bits per heavy atom. The summed E-state index contributed by atoms with van der Waals surface area (Å²) in [4.78, 5) is 5.00. The van der Waals surface area contributed by atoms with Crippen molar-refractivity contribution in [2.45, 2.75) is 20.5 Å². The van der Waals surface area contributed by atoms with Crippen molar-refractivity contribution >= 4 is 5.71 Å². The van der Waals surface area contributed by atoms with Crippen LogP contribution >= 0.6 is 0 Å². The quantitative estimate of drug-likeness (QED) is 0.498. The normalized spacial score (nSPS) is 11.4. The Bertz CT molecular complexity index is 870. The summed E-state index contributed by atoms with van der Waals surface area (Å²) < 4.78 is 11.0. The second kappa shape index (κ2) is 7.66. The number of aromatic nitrogens is 1. The molecule has 0 N–H and O–H groups in total. The van der Waals surface area contributed by atoms with Crippen LogP contribution in [0.5, 0.6) is 5.75 Å². The van der Waals surface area contributed by atoms with Crippen LogP contribution in [-0.4, -0.2) is 18.0 Å². The van der Waals surface area contributed by atoms with Gasteiger partial charge in [-0.15, -0.1) is 0 Å². The van der Waals surface area contributed by atoms with Crippen molar-refractivity contribution in [3.8, 4) is 5.75 Å². The first-order valence-corrected chi connectivity index (χ1v) is 7.99. The SMILES string of the molecule is CO/N=C(\c1ccon1)c1ccccc1COc1cc(C)ccc1C. The molecule has 3 aromatic rings. The van der Waals surface area contributed by atoms with Crippen molar-refractivity contribution in [3.63, 3.8) is 0 Å². The monoisotopic (exact) mass is 336 g/mol. The smallest absolute Gasteiger partial charge is 0.139 e. The van der Waals surface area contributed by atoms with Crippen molar-refractivity contribution in [1.82, 2.24) is 5.16 Å². The molecule has 0 fully saturated rings. The fourth-order valence-corrected chi connectivity index (χ4v) is 2.56. The average molecular weight is 336 g/mol. The molecule has 25 heavy (non-hydrogen) atoms. The average Bonchev–Trinajstić information content (AvgIpc) is 3.15. The van der Waals surface area contributed by atoms with E-state index in [2.05, 4.69) is 22.4 Å². The molecule has 0 aliphatic rings. The van der Waals surface area contributed by atoms with E-state index in [0.29, 0.717) is 18.0 Å². The zero-order valence-corrected chi connectivity index (χ0v) is 14.5. The van der Waals surface area contributed by atoms with Gasteiger partial charge in [0.15, 0.2) is 0 Å². The molecule has 5 heteroatoms. The van der Waals surface area contributed by atoms with E-state index in [1.165, 1.54) is 13.4 Å². The van der Waals surface area contributed by atoms with Crippen molar-refractivity contribution < 1.29 is 14.1 Å². The second-order valence-corrected chi connectivity index (χ2v) is 5.72. The van der Waals surface area contributed by atoms with E-state index in [0.717, 1.165) is 28.0 Å². The molecular weight excluding hydrogens is 316 g/mol. The van der Waals surface area contributed by atoms with Crippen LogP contribution in [-0.2, 0) is 11.4 Å². The van der Waals surface area contributed by atoms with Crippen molar-refractivity contribution in [2.24, 2.45) is 5.16 Å². The number of rotatable bonds is 6. The van der Waals surface area contributed by atoms with Gasteiger partial charge in [0.25, 0.3) is 0 Å². The van der Waals surface area contributed by atoms with Crippen LogP contribution in [0.3, 0.4) is 0 Å². The summed E-state index contributed by atoms with van der Waals surface area (Å²) in [5.41, 5.74) is 5.37. The third kappa shape index (κ3) is 3.88. The maximum atomic E-state index is 6.05. The van der Waals surface area contributed by atoms with Crippen molar-refractivity contribution in [2.75, 3.05) is 7.11 Å². The Labute approximate surface area is 146 Å². The van der Waals surface area contributed by atoms with Crippen molar-refractivity contribution in [3.05, 3.63) is 82.7 Å². The fourth-order valence-electron chi connectivity index (χ4n) is 2.56. The summed E-state index contributed by atoms with van der Waals surface area (Å²) in [6, 6.07) is 15.8. The Morgan fingerprint density at radius 3 is 2.72 bits per heavy atom. The number of hydrogen-bond donors (Lipinski definition) is 0. The molecule has 0 aliphatic carbocycles. The van der Waals surface area contributed by atoms with E-state index < -0.39 is 0 Å². The van der Waals surface area contributed by atoms with Gasteiger partial charge < -0.3 is 14.1 Å². The lowest BCUT2D eigenvalue weighted by Crippen LogP contribution is -2.10. The van der Waals surface area contributed by atoms with Crippen molar-refractivity contribution in [1.29, 1.82) is 0 Å². The van der Waals surface area contributed by atoms with E-state index in [-0.39, 0.29) is 0 Å². The molecule has 0 aliphatic heterocycles. The summed E-state index contributed by atoms with van der Waals surface area (Å²) in [5.74, 6) is 0.876. The molecule has 1 heterocycles. The Hall–Kier alpha value is -3.08. The summed E-state index contributed by atoms with van der Waals surface area (Å²) in [7, 11) is 1.51. The Balaban J connectivity index is 1.90. The zero-order valence-electron chi connectivity index (χ0n) is 14.5. The van der Waals surface area contributed by atoms with Gasteiger partial charge in [0, 0.05) is 11.6 Å². The molecule has 0 saturated heterocycles. The third-order valence-corrected chi connectivity index (χ3v) is 3.86. The lowest BCUT2D eigenvalue weighted by Gasteiger charge is -2.13. The minimum absolute atomic E-state index is 0.418. The van der Waals surface area contributed by atoms with Crippen LogP contribution in [0.25, 0.3) is 0 Å². The first-order valence-electron chi connectivity index (χ1n) is 7.99. The number of aryl methyl sites for hydroxylation is 2. The van der Waals surface area contributed by atoms with Gasteiger partial charge in [-0.25, -0.2) is 0 Å². The maximum absolute atomic E-state index is 6.05. The molecule has 0 atom stereocenters. The molecule has 0 radical (unpaired) electrons. The largest absolute Gasteiger partial charge is 0.489 e. The molecule has 0 unspecified atom stereocenters. The van der Waals surface area contributed by atoms with Gasteiger partial charge in [-0.05, 0) is 36.6 Å². The van der Waals surface area contributed by atoms with E-state index in [1.807, 2.05) is 44.2 Å². The predicted molar refractivity (Wildman–Crippen MR) is 95.8 cm³/mol. The molecule has 1 aromatic heterocycles. The summed E-state index contributed by atoms with van der Waals surface area (Å²) in [6.45, 7) is 4.50. The minimum Gasteiger partial charge on any atom is -0.489 e. The third-order valence-electron chi connectivity index (χ3n) is 3.86. The molecule has 0 spiro atoms. The van der Waals surface area contributed by atoms with E-state index in [1.54, 1.807) is 6.07 Å². The van der Waals surface area contributed by atoms with E-state index in [9.17, 15) is 0 Å². The topological polar surface area (TPSA) is 56.9 Å². The highest BCUT2D eigenvalue weighted by Gasteiger charge is 2.15. The van der Waals surface area contributed by atoms with Crippen LogP contribution in [0.2, 0.25) is 0 Å². The number of benzene rings is 2. The Kier molecular flexibility index (Phi) is 5.14. The molecule has 0 bridgehead atoms. The molecule has 0 amide bonds. The predicted octanol–water partition coefficient (Wildman–Crippen LogP) is 4.27. The van der Waals surface area contributed by atoms with Crippen LogP contribution in [0.1, 0.15) is 27.9 Å².